The zero-order chi connectivity index (χ0) is 24.0. The predicted molar refractivity (Wildman–Crippen MR) is 116 cm³/mol. The first-order valence-electron chi connectivity index (χ1n) is 7.94. The second-order valence-corrected chi connectivity index (χ2v) is 12.2. The smallest absolute Gasteiger partial charge is 0.744 e. The minimum absolute atomic E-state index is 0. The van der Waals surface area contributed by atoms with E-state index < -0.39 is 29.1 Å². The van der Waals surface area contributed by atoms with E-state index in [1.165, 1.54) is 31.2 Å². The van der Waals surface area contributed by atoms with Crippen LogP contribution in [0.5, 0.6) is 0 Å². The Morgan fingerprint density at radius 3 is 2.19 bits per heavy atom. The Kier molecular flexibility index (Phi) is 15.8. The van der Waals surface area contributed by atoms with E-state index in [1.807, 2.05) is 0 Å². The standard InChI is InChI=1S/C13H11ClO8S3.CH5PS2.2Na/c1-8-2-3-10(7-13(8)25(18,19)20)24(16,17)9-4-5-11(14)12(6-9)23-22-21-15;2-1(3)4;;/h2-7,15H,1H3,(H,18,19,20);1,3-4H,2H2;;/q;;2*+1/p-2/i;1D;;/hD. The zero-order valence-corrected chi connectivity index (χ0v) is 26.3. The molecule has 0 fully saturated rings. The molecule has 0 N–H and O–H groups in total. The van der Waals surface area contributed by atoms with Crippen LogP contribution in [-0.2, 0) is 29.3 Å². The van der Waals surface area contributed by atoms with E-state index >= 15 is 0 Å². The maximum Gasteiger partial charge on any atom is 1.00 e. The summed E-state index contributed by atoms with van der Waals surface area (Å²) in [6.07, 6.45) is 0. The molecule has 8 nitrogen and oxygen atoms in total. The van der Waals surface area contributed by atoms with Crippen LogP contribution in [0.15, 0.2) is 56.0 Å². The van der Waals surface area contributed by atoms with E-state index in [-0.39, 0.29) is 84.4 Å². The summed E-state index contributed by atoms with van der Waals surface area (Å²) in [6, 6.07) is 6.75. The second-order valence-electron chi connectivity index (χ2n) is 5.03. The van der Waals surface area contributed by atoms with Gasteiger partial charge in [-0.15, -0.1) is 9.24 Å². The van der Waals surface area contributed by atoms with Gasteiger partial charge in [-0.3, -0.25) is 5.04 Å². The Balaban J connectivity index is 0. The molecule has 0 saturated heterocycles. The largest absolute Gasteiger partial charge is 1.00 e. The molecule has 0 aliphatic heterocycles. The average molecular weight is 585 g/mol. The number of benzene rings is 2. The number of hydrogen-bond donors (Lipinski definition) is 2. The molecule has 2 unspecified atom stereocenters. The van der Waals surface area contributed by atoms with Gasteiger partial charge in [0.15, 0.2) is 0 Å². The molecule has 17 heteroatoms. The number of aryl methyl sites for hydroxylation is 1. The van der Waals surface area contributed by atoms with Crippen LogP contribution < -0.4 is 64.4 Å². The van der Waals surface area contributed by atoms with Crippen molar-refractivity contribution in [2.45, 2.75) is 30.8 Å². The molecule has 0 heterocycles. The van der Waals surface area contributed by atoms with Gasteiger partial charge in [-0.1, -0.05) is 17.7 Å². The van der Waals surface area contributed by atoms with Gasteiger partial charge in [-0.25, -0.2) is 16.8 Å². The van der Waals surface area contributed by atoms with Crippen molar-refractivity contribution in [1.29, 1.82) is 1.12 Å². The van der Waals surface area contributed by atoms with Crippen molar-refractivity contribution in [3.05, 3.63) is 47.0 Å². The molecule has 0 aliphatic rings. The van der Waals surface area contributed by atoms with E-state index in [0.717, 1.165) is 12.1 Å². The monoisotopic (exact) mass is 584 g/mol. The van der Waals surface area contributed by atoms with E-state index in [2.05, 4.69) is 31.2 Å². The van der Waals surface area contributed by atoms with Crippen LogP contribution in [0.4, 0.5) is 0 Å². The molecule has 31 heavy (non-hydrogen) atoms. The first kappa shape index (κ1) is 31.0. The van der Waals surface area contributed by atoms with Crippen molar-refractivity contribution in [3.8, 4) is 0 Å². The molecule has 2 atom stereocenters. The van der Waals surface area contributed by atoms with Crippen LogP contribution in [0.1, 0.15) is 6.93 Å². The topological polar surface area (TPSA) is 133 Å². The first-order valence-corrected chi connectivity index (χ1v) is 12.5. The van der Waals surface area contributed by atoms with Gasteiger partial charge in [-0.05, 0) is 42.8 Å². The summed E-state index contributed by atoms with van der Waals surface area (Å²) in [7, 11) is -6.89. The van der Waals surface area contributed by atoms with Crippen LogP contribution >= 0.6 is 58.0 Å². The summed E-state index contributed by atoms with van der Waals surface area (Å²) in [5.74, 6) is 0. The third-order valence-electron chi connectivity index (χ3n) is 3.10. The molecule has 0 bridgehead atoms. The van der Waals surface area contributed by atoms with Crippen LogP contribution in [0, 0.1) is 6.92 Å². The Morgan fingerprint density at radius 1 is 1.19 bits per heavy atom. The minimum atomic E-state index is -4.84. The van der Waals surface area contributed by atoms with E-state index in [0.29, 0.717) is 24.6 Å². The fourth-order valence-electron chi connectivity index (χ4n) is 1.92. The Bertz CT molecular complexity index is 1140. The SMILES string of the molecule is Cc1ccc(S(=O)(=O)c2ccc(Cl)c(SOO[O-])c2)cc1S(=O)(=O)[O-].[2H]SC([2H])(P)S.[Na+].[Na+]. The molecule has 0 spiro atoms. The fraction of sp³-hybridized carbons (Fsp3) is 0.143. The van der Waals surface area contributed by atoms with Crippen LogP contribution in [-0.4, -0.2) is 26.8 Å². The first-order chi connectivity index (χ1) is 14.1. The minimum Gasteiger partial charge on any atom is -0.744 e. The van der Waals surface area contributed by atoms with Gasteiger partial charge in [0.05, 0.1) is 42.3 Å². The number of halogens is 1. The third-order valence-corrected chi connectivity index (χ3v) is 6.91. The number of hydrogen-bond acceptors (Lipinski definition) is 11. The molecule has 162 valence electrons. The van der Waals surface area contributed by atoms with Crippen molar-refractivity contribution in [2.24, 2.45) is 0 Å². The van der Waals surface area contributed by atoms with Gasteiger partial charge in [0, 0.05) is 0 Å². The van der Waals surface area contributed by atoms with Crippen molar-refractivity contribution >= 4 is 78.0 Å². The molecule has 2 aromatic rings. The molecule has 0 radical (unpaired) electrons. The van der Waals surface area contributed by atoms with Crippen molar-refractivity contribution < 1.29 is 96.5 Å². The van der Waals surface area contributed by atoms with Crippen LogP contribution in [0.2, 0.25) is 5.02 Å². The quantitative estimate of drug-likeness (QED) is 0.0500. The molecule has 0 saturated carbocycles. The number of sulfone groups is 1. The molecule has 2 aromatic carbocycles. The predicted octanol–water partition coefficient (Wildman–Crippen LogP) is -3.37. The van der Waals surface area contributed by atoms with Crippen molar-refractivity contribution in [1.82, 2.24) is 0 Å². The average Bonchev–Trinajstić information content (AvgIpc) is 2.66. The van der Waals surface area contributed by atoms with Gasteiger partial charge < -0.3 is 9.81 Å². The van der Waals surface area contributed by atoms with Gasteiger partial charge in [0.2, 0.25) is 9.84 Å². The third kappa shape index (κ3) is 11.5. The maximum atomic E-state index is 12.7. The van der Waals surface area contributed by atoms with Crippen molar-refractivity contribution in [2.75, 3.05) is 0 Å². The summed E-state index contributed by atoms with van der Waals surface area (Å²) >= 11 is 10.6. The summed E-state index contributed by atoms with van der Waals surface area (Å²) < 4.78 is 75.5. The molecular weight excluding hydrogens is 569 g/mol. The van der Waals surface area contributed by atoms with E-state index in [9.17, 15) is 26.6 Å². The van der Waals surface area contributed by atoms with Gasteiger partial charge in [0.1, 0.15) is 11.2 Å². The Morgan fingerprint density at radius 2 is 1.71 bits per heavy atom. The Hall–Kier alpha value is 1.95. The van der Waals surface area contributed by atoms with Gasteiger partial charge in [0.25, 0.3) is 0 Å². The molecule has 0 aliphatic carbocycles. The molecule has 2 rings (SSSR count). The van der Waals surface area contributed by atoms with Gasteiger partial charge in [-0.2, -0.15) is 29.5 Å². The normalized spacial score (nSPS) is 13.9. The van der Waals surface area contributed by atoms with Crippen LogP contribution in [0.3, 0.4) is 0 Å². The summed E-state index contributed by atoms with van der Waals surface area (Å²) in [4.78, 5) is -1.17. The van der Waals surface area contributed by atoms with E-state index in [1.54, 1.807) is 0 Å². The molecule has 0 aromatic heterocycles. The van der Waals surface area contributed by atoms with E-state index in [4.69, 9.17) is 14.1 Å². The fourth-order valence-corrected chi connectivity index (χ4v) is 4.75. The number of thiol groups is 2. The Labute approximate surface area is 250 Å². The summed E-state index contributed by atoms with van der Waals surface area (Å²) in [5.41, 5.74) is 0.127. The summed E-state index contributed by atoms with van der Waals surface area (Å²) in [6.45, 7) is 1.37. The maximum absolute atomic E-state index is 12.7. The second kappa shape index (κ2) is 15.8. The van der Waals surface area contributed by atoms with Crippen LogP contribution in [0.25, 0.3) is 0 Å². The van der Waals surface area contributed by atoms with Gasteiger partial charge >= 0.3 is 59.1 Å². The zero-order valence-electron chi connectivity index (χ0n) is 18.3. The number of rotatable bonds is 7. The molecule has 0 amide bonds. The molecular formula is C14H14ClNa2O8PS5. The summed E-state index contributed by atoms with van der Waals surface area (Å²) in [5, 5.41) is 13.2. The van der Waals surface area contributed by atoms with Crippen molar-refractivity contribution in [3.63, 3.8) is 0 Å².